The molecule has 0 unspecified atom stereocenters. The van der Waals surface area contributed by atoms with E-state index in [-0.39, 0.29) is 6.10 Å². The van der Waals surface area contributed by atoms with Crippen molar-refractivity contribution in [1.29, 1.82) is 0 Å². The third kappa shape index (κ3) is 38.2. The summed E-state index contributed by atoms with van der Waals surface area (Å²) in [6, 6.07) is 0. The molecule has 0 aromatic heterocycles. The molecule has 0 radical (unpaired) electrons. The van der Waals surface area contributed by atoms with Crippen molar-refractivity contribution in [2.24, 2.45) is 0 Å². The largest absolute Gasteiger partial charge is 0.508 e. The van der Waals surface area contributed by atoms with Gasteiger partial charge in [0.1, 0.15) is 12.7 Å². The Morgan fingerprint density at radius 3 is 1.25 bits per heavy atom. The number of rotatable bonds is 40. The quantitative estimate of drug-likeness (QED) is 0.0355. The minimum Gasteiger partial charge on any atom is -0.433 e. The Balaban J connectivity index is 4.37. The molecule has 0 atom stereocenters. The molecule has 0 saturated heterocycles. The molecule has 0 saturated carbocycles. The molecule has 0 aliphatic rings. The van der Waals surface area contributed by atoms with Gasteiger partial charge in [-0.05, 0) is 110 Å². The van der Waals surface area contributed by atoms with Crippen molar-refractivity contribution in [3.63, 3.8) is 0 Å². The highest BCUT2D eigenvalue weighted by atomic mass is 16.7. The molecule has 0 amide bonds. The summed E-state index contributed by atoms with van der Waals surface area (Å²) in [5, 5.41) is 0. The van der Waals surface area contributed by atoms with E-state index in [2.05, 4.69) is 93.0 Å². The summed E-state index contributed by atoms with van der Waals surface area (Å²) < 4.78 is 11.5. The number of hydrogen-bond donors (Lipinski definition) is 0. The van der Waals surface area contributed by atoms with Crippen molar-refractivity contribution in [2.45, 2.75) is 208 Å². The highest BCUT2D eigenvalue weighted by Gasteiger charge is 2.16. The van der Waals surface area contributed by atoms with E-state index < -0.39 is 6.16 Å². The van der Waals surface area contributed by atoms with Crippen LogP contribution >= 0.6 is 0 Å². The van der Waals surface area contributed by atoms with Crippen LogP contribution in [0.5, 0.6) is 0 Å². The summed E-state index contributed by atoms with van der Waals surface area (Å²) in [6.45, 7) is 17.4. The van der Waals surface area contributed by atoms with E-state index in [9.17, 15) is 4.79 Å². The van der Waals surface area contributed by atoms with Gasteiger partial charge >= 0.3 is 6.16 Å². The average Bonchev–Trinajstić information content (AvgIpc) is 3.17. The molecule has 0 N–H and O–H groups in total. The number of ether oxygens (including phenoxy) is 2. The summed E-state index contributed by atoms with van der Waals surface area (Å²) in [4.78, 5) is 17.5. The number of hydrogen-bond acceptors (Lipinski definition) is 5. The maximum atomic E-state index is 12.7. The third-order valence-electron chi connectivity index (χ3n) is 10.4. The molecular formula is C48H90N2O3. The van der Waals surface area contributed by atoms with E-state index in [0.29, 0.717) is 6.61 Å². The van der Waals surface area contributed by atoms with Crippen LogP contribution in [-0.2, 0) is 9.47 Å². The number of unbranched alkanes of at least 4 members (excludes halogenated alkanes) is 18. The van der Waals surface area contributed by atoms with Crippen molar-refractivity contribution in [3.8, 4) is 0 Å². The third-order valence-corrected chi connectivity index (χ3v) is 10.4. The first-order valence-corrected chi connectivity index (χ1v) is 23.0. The molecule has 0 spiro atoms. The highest BCUT2D eigenvalue weighted by Crippen LogP contribution is 2.18. The summed E-state index contributed by atoms with van der Waals surface area (Å²) in [7, 11) is 0. The van der Waals surface area contributed by atoms with Crippen molar-refractivity contribution in [1.82, 2.24) is 9.80 Å². The molecule has 0 aliphatic heterocycles. The number of nitrogens with zero attached hydrogens (tertiary/aromatic N) is 2. The number of allylic oxidation sites excluding steroid dienone is 8. The lowest BCUT2D eigenvalue weighted by molar-refractivity contribution is 0.0119. The van der Waals surface area contributed by atoms with Crippen molar-refractivity contribution >= 4 is 6.16 Å². The first kappa shape index (κ1) is 51.1. The fourth-order valence-electron chi connectivity index (χ4n) is 6.66. The van der Waals surface area contributed by atoms with Crippen LogP contribution in [0.3, 0.4) is 0 Å². The molecule has 5 nitrogen and oxygen atoms in total. The lowest BCUT2D eigenvalue weighted by Gasteiger charge is -2.25. The van der Waals surface area contributed by atoms with Crippen LogP contribution in [0, 0.1) is 0 Å². The van der Waals surface area contributed by atoms with Crippen LogP contribution in [0.1, 0.15) is 202 Å². The van der Waals surface area contributed by atoms with Gasteiger partial charge in [0, 0.05) is 19.6 Å². The minimum absolute atomic E-state index is 0.0240. The molecule has 53 heavy (non-hydrogen) atoms. The van der Waals surface area contributed by atoms with Gasteiger partial charge in [-0.3, -0.25) is 4.90 Å². The lowest BCUT2D eigenvalue weighted by atomic mass is 10.0. The number of likely N-dealkylation sites (N-methyl/N-ethyl adjacent to an activating group) is 2. The second-order valence-corrected chi connectivity index (χ2v) is 15.0. The van der Waals surface area contributed by atoms with E-state index in [1.165, 1.54) is 128 Å². The van der Waals surface area contributed by atoms with Gasteiger partial charge in [0.2, 0.25) is 0 Å². The monoisotopic (exact) mass is 743 g/mol. The maximum Gasteiger partial charge on any atom is 0.508 e. The Morgan fingerprint density at radius 1 is 0.453 bits per heavy atom. The van der Waals surface area contributed by atoms with E-state index in [0.717, 1.165) is 77.8 Å². The van der Waals surface area contributed by atoms with Gasteiger partial charge in [-0.15, -0.1) is 0 Å². The van der Waals surface area contributed by atoms with Crippen LogP contribution in [0.2, 0.25) is 0 Å². The van der Waals surface area contributed by atoms with E-state index in [4.69, 9.17) is 9.47 Å². The number of carbonyl (C=O) groups is 1. The van der Waals surface area contributed by atoms with Crippen molar-refractivity contribution in [3.05, 3.63) is 48.6 Å². The molecule has 0 aromatic carbocycles. The van der Waals surface area contributed by atoms with Crippen molar-refractivity contribution < 1.29 is 14.3 Å². The van der Waals surface area contributed by atoms with Gasteiger partial charge < -0.3 is 14.4 Å². The predicted octanol–water partition coefficient (Wildman–Crippen LogP) is 14.6. The van der Waals surface area contributed by atoms with Gasteiger partial charge in [-0.2, -0.15) is 0 Å². The molecule has 310 valence electrons. The molecule has 5 heteroatoms. The second-order valence-electron chi connectivity index (χ2n) is 15.0. The first-order valence-electron chi connectivity index (χ1n) is 23.0. The zero-order valence-corrected chi connectivity index (χ0v) is 36.1. The highest BCUT2D eigenvalue weighted by molar-refractivity contribution is 5.60. The zero-order chi connectivity index (χ0) is 38.7. The summed E-state index contributed by atoms with van der Waals surface area (Å²) >= 11 is 0. The first-order chi connectivity index (χ1) is 26.1. The van der Waals surface area contributed by atoms with Gasteiger partial charge in [0.25, 0.3) is 0 Å². The van der Waals surface area contributed by atoms with Gasteiger partial charge in [-0.25, -0.2) is 4.79 Å². The van der Waals surface area contributed by atoms with E-state index in [1.807, 2.05) is 0 Å². The van der Waals surface area contributed by atoms with Crippen LogP contribution in [0.15, 0.2) is 48.6 Å². The van der Waals surface area contributed by atoms with Gasteiger partial charge in [0.05, 0.1) is 0 Å². The van der Waals surface area contributed by atoms with E-state index in [1.54, 1.807) is 0 Å². The molecule has 0 heterocycles. The van der Waals surface area contributed by atoms with Crippen molar-refractivity contribution in [2.75, 3.05) is 45.9 Å². The Morgan fingerprint density at radius 2 is 0.830 bits per heavy atom. The smallest absolute Gasteiger partial charge is 0.433 e. The molecule has 0 aliphatic carbocycles. The predicted molar refractivity (Wildman–Crippen MR) is 234 cm³/mol. The topological polar surface area (TPSA) is 42.0 Å². The van der Waals surface area contributed by atoms with Crippen LogP contribution in [0.4, 0.5) is 4.79 Å². The standard InChI is InChI=1S/C48H90N2O3/c1-6-11-13-15-17-19-21-23-25-27-29-31-33-35-37-39-41-47(53-48(51)52-46-45-50(10-5)44-43-49(8-3)9-4)42-40-38-36-34-32-30-28-26-24-22-20-18-16-14-12-7-2/h17-20,23-26,47H,6-16,21-22,27-46H2,1-5H3/b19-17-,20-18-,25-23-,26-24-. The maximum absolute atomic E-state index is 12.7. The Labute approximate surface area is 331 Å². The van der Waals surface area contributed by atoms with Gasteiger partial charge in [0.15, 0.2) is 0 Å². The molecule has 0 fully saturated rings. The SMILES string of the molecule is CCCCC/C=C\C/C=C\CCCCCCCCC(CCCCCCCC/C=C\C/C=C\CCCCC)OC(=O)OCCN(CC)CCN(CC)CC. The Kier molecular flexibility index (Phi) is 41.4. The number of carbonyl (C=O) groups excluding carboxylic acids is 1. The normalized spacial score (nSPS) is 12.4. The van der Waals surface area contributed by atoms with Gasteiger partial charge in [-0.1, -0.05) is 160 Å². The van der Waals surface area contributed by atoms with Crippen LogP contribution in [0.25, 0.3) is 0 Å². The molecular weight excluding hydrogens is 653 g/mol. The minimum atomic E-state index is -0.477. The fraction of sp³-hybridized carbons (Fsp3) is 0.812. The zero-order valence-electron chi connectivity index (χ0n) is 36.1. The fourth-order valence-corrected chi connectivity index (χ4v) is 6.66. The molecule has 0 rings (SSSR count). The molecule has 0 aromatic rings. The lowest BCUT2D eigenvalue weighted by Crippen LogP contribution is -2.37. The summed E-state index contributed by atoms with van der Waals surface area (Å²) in [5.41, 5.74) is 0. The summed E-state index contributed by atoms with van der Waals surface area (Å²) in [6.07, 6.45) is 50.0. The Bertz CT molecular complexity index is 815. The second kappa shape index (κ2) is 42.9. The average molecular weight is 743 g/mol. The summed E-state index contributed by atoms with van der Waals surface area (Å²) in [5.74, 6) is 0. The van der Waals surface area contributed by atoms with E-state index >= 15 is 0 Å². The van der Waals surface area contributed by atoms with Crippen LogP contribution < -0.4 is 0 Å². The Hall–Kier alpha value is -1.85. The van der Waals surface area contributed by atoms with Crippen LogP contribution in [-0.4, -0.2) is 67.9 Å². The molecule has 0 bridgehead atoms.